The quantitative estimate of drug-likeness (QED) is 0.237. The minimum atomic E-state index is -0.611. The van der Waals surface area contributed by atoms with Crippen molar-refractivity contribution in [3.63, 3.8) is 0 Å². The van der Waals surface area contributed by atoms with Crippen LogP contribution in [0.3, 0.4) is 0 Å². The van der Waals surface area contributed by atoms with E-state index >= 15 is 0 Å². The van der Waals surface area contributed by atoms with Crippen LogP contribution in [0.25, 0.3) is 10.9 Å². The first-order chi connectivity index (χ1) is 21.0. The van der Waals surface area contributed by atoms with Crippen molar-refractivity contribution in [2.45, 2.75) is 58.7 Å². The number of nitrogens with zero attached hydrogens (tertiary/aromatic N) is 9. The number of fused-ring (bicyclic) bond motifs is 2. The number of halogens is 1. The molecule has 14 heteroatoms. The minimum Gasteiger partial charge on any atom is -0.462 e. The maximum atomic E-state index is 13.0. The maximum Gasteiger partial charge on any atom is 0.410 e. The summed E-state index contributed by atoms with van der Waals surface area (Å²) in [6.07, 6.45) is 3.08. The van der Waals surface area contributed by atoms with Gasteiger partial charge in [-0.2, -0.15) is 20.3 Å². The van der Waals surface area contributed by atoms with Crippen LogP contribution in [0.1, 0.15) is 44.0 Å². The van der Waals surface area contributed by atoms with Crippen LogP contribution in [0.5, 0.6) is 6.01 Å². The monoisotopic (exact) mass is 733 g/mol. The molecule has 3 aromatic rings. The number of aryl methyl sites for hydroxylation is 1. The molecule has 4 heterocycles. The third kappa shape index (κ3) is 7.13. The lowest BCUT2D eigenvalue weighted by molar-refractivity contribution is 0.0144. The Morgan fingerprint density at radius 2 is 2.00 bits per heavy atom. The molecule has 1 saturated heterocycles. The summed E-state index contributed by atoms with van der Waals surface area (Å²) in [6.45, 7) is 11.8. The van der Waals surface area contributed by atoms with E-state index in [1.807, 2.05) is 45.5 Å². The van der Waals surface area contributed by atoms with Crippen molar-refractivity contribution in [3.8, 4) is 12.1 Å². The van der Waals surface area contributed by atoms with Gasteiger partial charge in [-0.15, -0.1) is 0 Å². The number of aromatic nitrogens is 4. The lowest BCUT2D eigenvalue weighted by Gasteiger charge is -2.42. The molecule has 12 nitrogen and oxygen atoms in total. The zero-order valence-electron chi connectivity index (χ0n) is 26.3. The highest BCUT2D eigenvalue weighted by molar-refractivity contribution is 14.2. The van der Waals surface area contributed by atoms with E-state index in [0.717, 1.165) is 47.5 Å². The van der Waals surface area contributed by atoms with Crippen molar-refractivity contribution in [2.75, 3.05) is 63.2 Å². The molecule has 2 aliphatic heterocycles. The number of amides is 1. The molecule has 1 amide bonds. The van der Waals surface area contributed by atoms with Gasteiger partial charge >= 0.3 is 12.1 Å². The lowest BCUT2D eigenvalue weighted by Crippen LogP contribution is -2.56. The number of carbonyl (C=O) groups is 1. The number of anilines is 2. The first-order valence-corrected chi connectivity index (χ1v) is 18.9. The van der Waals surface area contributed by atoms with Crippen molar-refractivity contribution in [1.29, 1.82) is 5.26 Å². The van der Waals surface area contributed by atoms with Crippen LogP contribution in [-0.4, -0.2) is 100 Å². The number of piperazine rings is 1. The smallest absolute Gasteiger partial charge is 0.410 e. The predicted octanol–water partition coefficient (Wildman–Crippen LogP) is 4.77. The molecule has 0 spiro atoms. The normalized spacial score (nSPS) is 17.4. The van der Waals surface area contributed by atoms with Gasteiger partial charge in [-0.25, -0.2) is 9.25 Å². The van der Waals surface area contributed by atoms with Crippen molar-refractivity contribution in [3.05, 3.63) is 35.2 Å². The number of hydrogen-bond donors (Lipinski definition) is 0. The van der Waals surface area contributed by atoms with Gasteiger partial charge in [0.2, 0.25) is 0 Å². The Hall–Kier alpha value is -2.95. The SMILES string of the molecule is Cc1ccc2c(cnn2PI)c1N1CCc2c(nc(OCCN(C)C)nc2N2CCN(C(=O)OC(C)(C)C)C(CC#N)C2)C1. The highest BCUT2D eigenvalue weighted by Gasteiger charge is 2.36. The van der Waals surface area contributed by atoms with Crippen molar-refractivity contribution < 1.29 is 14.3 Å². The fourth-order valence-corrected chi connectivity index (χ4v) is 7.34. The van der Waals surface area contributed by atoms with E-state index in [9.17, 15) is 10.1 Å². The molecule has 44 heavy (non-hydrogen) atoms. The molecular formula is C30H41IN9O3P. The molecule has 2 aromatic heterocycles. The summed E-state index contributed by atoms with van der Waals surface area (Å²) in [5.41, 5.74) is 4.94. The van der Waals surface area contributed by atoms with Gasteiger partial charge in [0, 0.05) is 43.7 Å². The average Bonchev–Trinajstić information content (AvgIpc) is 3.38. The highest BCUT2D eigenvalue weighted by atomic mass is 127. The van der Waals surface area contributed by atoms with E-state index in [4.69, 9.17) is 19.4 Å². The number of nitriles is 1. The molecule has 1 aromatic carbocycles. The summed E-state index contributed by atoms with van der Waals surface area (Å²) in [5, 5.41) is 15.4. The molecule has 0 radical (unpaired) electrons. The van der Waals surface area contributed by atoms with Gasteiger partial charge in [-0.05, 0) is 81.9 Å². The number of carbonyl (C=O) groups excluding carboxylic acids is 1. The Morgan fingerprint density at radius 1 is 1.20 bits per heavy atom. The minimum absolute atomic E-state index is 0.206. The first kappa shape index (κ1) is 32.4. The van der Waals surface area contributed by atoms with E-state index in [1.165, 1.54) is 11.3 Å². The van der Waals surface area contributed by atoms with E-state index in [0.29, 0.717) is 45.2 Å². The number of hydrogen-bond acceptors (Lipinski definition) is 10. The Bertz CT molecular complexity index is 1550. The van der Waals surface area contributed by atoms with Crippen LogP contribution >= 0.6 is 28.4 Å². The van der Waals surface area contributed by atoms with E-state index in [1.54, 1.807) is 4.90 Å². The van der Waals surface area contributed by atoms with Crippen LogP contribution in [0.4, 0.5) is 16.3 Å². The third-order valence-electron chi connectivity index (χ3n) is 7.85. The van der Waals surface area contributed by atoms with Gasteiger partial charge in [0.25, 0.3) is 0 Å². The average molecular weight is 734 g/mol. The zero-order chi connectivity index (χ0) is 31.6. The number of ether oxygens (including phenoxy) is 2. The molecule has 0 aliphatic carbocycles. The van der Waals surface area contributed by atoms with Crippen molar-refractivity contribution in [2.24, 2.45) is 0 Å². The van der Waals surface area contributed by atoms with Crippen LogP contribution in [0.2, 0.25) is 0 Å². The van der Waals surface area contributed by atoms with Crippen molar-refractivity contribution >= 4 is 56.9 Å². The van der Waals surface area contributed by atoms with Crippen LogP contribution in [0, 0.1) is 18.3 Å². The molecule has 5 rings (SSSR count). The molecular weight excluding hydrogens is 692 g/mol. The molecule has 1 fully saturated rings. The molecule has 2 aliphatic rings. The van der Waals surface area contributed by atoms with Gasteiger partial charge in [0.15, 0.2) is 0 Å². The number of rotatable bonds is 8. The first-order valence-electron chi connectivity index (χ1n) is 14.9. The number of likely N-dealkylation sites (N-methyl/N-ethyl adjacent to an activating group) is 1. The molecule has 2 atom stereocenters. The zero-order valence-corrected chi connectivity index (χ0v) is 29.5. The van der Waals surface area contributed by atoms with Crippen LogP contribution < -0.4 is 14.5 Å². The van der Waals surface area contributed by atoms with Crippen LogP contribution in [-0.2, 0) is 17.7 Å². The second-order valence-electron chi connectivity index (χ2n) is 12.5. The lowest BCUT2D eigenvalue weighted by atomic mass is 10.0. The number of benzene rings is 1. The van der Waals surface area contributed by atoms with Gasteiger partial charge in [0.05, 0.1) is 54.5 Å². The fourth-order valence-electron chi connectivity index (χ4n) is 5.80. The Balaban J connectivity index is 1.47. The second kappa shape index (κ2) is 13.6. The van der Waals surface area contributed by atoms with Gasteiger partial charge in [-0.3, -0.25) is 0 Å². The maximum absolute atomic E-state index is 13.0. The van der Waals surface area contributed by atoms with E-state index in [-0.39, 0.29) is 18.6 Å². The highest BCUT2D eigenvalue weighted by Crippen LogP contribution is 2.38. The third-order valence-corrected chi connectivity index (χ3v) is 9.74. The molecule has 2 unspecified atom stereocenters. The van der Waals surface area contributed by atoms with Crippen LogP contribution in [0.15, 0.2) is 18.3 Å². The molecule has 0 N–H and O–H groups in total. The summed E-state index contributed by atoms with van der Waals surface area (Å²) in [5.74, 6) is 0.829. The van der Waals surface area contributed by atoms with Gasteiger partial charge < -0.3 is 29.1 Å². The Kier molecular flexibility index (Phi) is 10.0. The van der Waals surface area contributed by atoms with E-state index < -0.39 is 5.60 Å². The summed E-state index contributed by atoms with van der Waals surface area (Å²) < 4.78 is 13.8. The Morgan fingerprint density at radius 3 is 2.70 bits per heavy atom. The topological polar surface area (TPSA) is 116 Å². The summed E-state index contributed by atoms with van der Waals surface area (Å²) in [6, 6.07) is 6.62. The van der Waals surface area contributed by atoms with Crippen molar-refractivity contribution in [1.82, 2.24) is 29.3 Å². The fraction of sp³-hybridized carbons (Fsp3) is 0.567. The summed E-state index contributed by atoms with van der Waals surface area (Å²) in [4.78, 5) is 31.2. The predicted molar refractivity (Wildman–Crippen MR) is 182 cm³/mol. The largest absolute Gasteiger partial charge is 0.462 e. The van der Waals surface area contributed by atoms with Gasteiger partial charge in [0.1, 0.15) is 18.0 Å². The van der Waals surface area contributed by atoms with E-state index in [2.05, 4.69) is 67.0 Å². The Labute approximate surface area is 274 Å². The second-order valence-corrected chi connectivity index (χ2v) is 14.6. The van der Waals surface area contributed by atoms with Gasteiger partial charge in [-0.1, -0.05) is 6.07 Å². The molecule has 236 valence electrons. The summed E-state index contributed by atoms with van der Waals surface area (Å²) >= 11 is 2.36. The molecule has 0 saturated carbocycles. The summed E-state index contributed by atoms with van der Waals surface area (Å²) in [7, 11) is 4.01. The molecule has 0 bridgehead atoms. The standard InChI is InChI=1S/C30H41IN9O3P/c1-20-7-8-25-23(17-33-40(25)44-31)26(20)37-12-10-22-24(19-37)34-28(42-16-15-36(5)6)35-27(22)38-13-14-39(21(18-38)9-11-32)29(41)43-30(2,3)4/h7-8,17,21,44H,9-10,12-16,18-19H2,1-6H3.